The van der Waals surface area contributed by atoms with Crippen molar-refractivity contribution in [3.8, 4) is 6.07 Å². The second-order valence-corrected chi connectivity index (χ2v) is 5.52. The Morgan fingerprint density at radius 2 is 1.56 bits per heavy atom. The minimum absolute atomic E-state index is 0.223. The van der Waals surface area contributed by atoms with Gasteiger partial charge in [0.2, 0.25) is 0 Å². The topological polar surface area (TPSA) is 35.8 Å². The van der Waals surface area contributed by atoms with Crippen molar-refractivity contribution in [2.24, 2.45) is 5.41 Å². The fourth-order valence-electron chi connectivity index (χ4n) is 2.03. The van der Waals surface area contributed by atoms with Crippen LogP contribution in [0.15, 0.2) is 0 Å². The minimum atomic E-state index is 0.223. The molecule has 0 radical (unpaired) electrons. The molecule has 0 aromatic carbocycles. The molecule has 0 rings (SSSR count). The van der Waals surface area contributed by atoms with Crippen LogP contribution in [0.3, 0.4) is 0 Å². The van der Waals surface area contributed by atoms with Crippen LogP contribution in [0, 0.1) is 16.7 Å². The monoisotopic (exact) mass is 224 g/mol. The van der Waals surface area contributed by atoms with Crippen LogP contribution in [0.4, 0.5) is 0 Å². The molecule has 94 valence electrons. The van der Waals surface area contributed by atoms with Gasteiger partial charge in [-0.15, -0.1) is 0 Å². The molecule has 0 spiro atoms. The van der Waals surface area contributed by atoms with E-state index in [1.807, 2.05) is 0 Å². The minimum Gasteiger partial charge on any atom is -0.311 e. The molecule has 0 atom stereocenters. The summed E-state index contributed by atoms with van der Waals surface area (Å²) in [4.78, 5) is 0. The largest absolute Gasteiger partial charge is 0.311 e. The van der Waals surface area contributed by atoms with E-state index in [0.717, 1.165) is 13.0 Å². The normalized spacial score (nSPS) is 12.5. The molecule has 0 saturated carbocycles. The molecule has 0 aliphatic carbocycles. The van der Waals surface area contributed by atoms with Crippen LogP contribution in [-0.2, 0) is 0 Å². The summed E-state index contributed by atoms with van der Waals surface area (Å²) in [7, 11) is 0. The lowest BCUT2D eigenvalue weighted by Crippen LogP contribution is -2.47. The van der Waals surface area contributed by atoms with Gasteiger partial charge in [-0.2, -0.15) is 5.26 Å². The highest BCUT2D eigenvalue weighted by molar-refractivity contribution is 4.87. The van der Waals surface area contributed by atoms with Gasteiger partial charge in [0.15, 0.2) is 0 Å². The maximum absolute atomic E-state index is 8.63. The van der Waals surface area contributed by atoms with Crippen molar-refractivity contribution in [1.29, 1.82) is 5.26 Å². The second kappa shape index (κ2) is 6.91. The molecular weight excluding hydrogens is 196 g/mol. The molecule has 0 aliphatic rings. The average molecular weight is 224 g/mol. The van der Waals surface area contributed by atoms with E-state index in [0.29, 0.717) is 12.0 Å². The van der Waals surface area contributed by atoms with E-state index in [9.17, 15) is 0 Å². The first-order chi connectivity index (χ1) is 7.45. The van der Waals surface area contributed by atoms with Crippen molar-refractivity contribution in [3.05, 3.63) is 0 Å². The first-order valence-electron chi connectivity index (χ1n) is 6.57. The van der Waals surface area contributed by atoms with Crippen LogP contribution in [0.5, 0.6) is 0 Å². The third kappa shape index (κ3) is 4.99. The number of hydrogen-bond acceptors (Lipinski definition) is 2. The van der Waals surface area contributed by atoms with Gasteiger partial charge in [-0.25, -0.2) is 0 Å². The summed E-state index contributed by atoms with van der Waals surface area (Å²) in [6.07, 6.45) is 5.16. The predicted molar refractivity (Wildman–Crippen MR) is 70.2 cm³/mol. The van der Waals surface area contributed by atoms with Crippen molar-refractivity contribution >= 4 is 0 Å². The van der Waals surface area contributed by atoms with Crippen molar-refractivity contribution in [3.63, 3.8) is 0 Å². The Kier molecular flexibility index (Phi) is 6.67. The van der Waals surface area contributed by atoms with E-state index in [1.54, 1.807) is 0 Å². The van der Waals surface area contributed by atoms with Crippen LogP contribution < -0.4 is 5.32 Å². The molecule has 0 fully saturated rings. The average Bonchev–Trinajstić information content (AvgIpc) is 2.29. The van der Waals surface area contributed by atoms with Gasteiger partial charge in [-0.3, -0.25) is 0 Å². The van der Waals surface area contributed by atoms with Crippen molar-refractivity contribution in [2.75, 3.05) is 6.54 Å². The summed E-state index contributed by atoms with van der Waals surface area (Å²) in [6, 6.07) is 2.24. The van der Waals surface area contributed by atoms with Gasteiger partial charge in [0.25, 0.3) is 0 Å². The molecule has 0 amide bonds. The van der Waals surface area contributed by atoms with E-state index >= 15 is 0 Å². The highest BCUT2D eigenvalue weighted by atomic mass is 15.0. The Morgan fingerprint density at radius 3 is 1.94 bits per heavy atom. The number of hydrogen-bond donors (Lipinski definition) is 1. The van der Waals surface area contributed by atoms with E-state index in [2.05, 4.69) is 46.0 Å². The fraction of sp³-hybridized carbons (Fsp3) is 0.929. The Bertz CT molecular complexity index is 213. The zero-order valence-corrected chi connectivity index (χ0v) is 11.7. The van der Waals surface area contributed by atoms with Crippen molar-refractivity contribution in [2.45, 2.75) is 72.3 Å². The van der Waals surface area contributed by atoms with Gasteiger partial charge in [-0.1, -0.05) is 34.6 Å². The molecule has 0 bridgehead atoms. The first kappa shape index (κ1) is 15.4. The van der Waals surface area contributed by atoms with Gasteiger partial charge in [0, 0.05) is 18.5 Å². The molecule has 0 aliphatic heterocycles. The predicted octanol–water partition coefficient (Wildman–Crippen LogP) is 3.87. The van der Waals surface area contributed by atoms with Gasteiger partial charge in [-0.05, 0) is 31.1 Å². The van der Waals surface area contributed by atoms with E-state index < -0.39 is 0 Å². The van der Waals surface area contributed by atoms with Gasteiger partial charge >= 0.3 is 0 Å². The Morgan fingerprint density at radius 1 is 1.06 bits per heavy atom. The van der Waals surface area contributed by atoms with Gasteiger partial charge in [0.1, 0.15) is 0 Å². The lowest BCUT2D eigenvalue weighted by molar-refractivity contribution is 0.224. The SMILES string of the molecule is CCC(CC)(CC)NCC(C)(C)CCC#N. The summed E-state index contributed by atoms with van der Waals surface area (Å²) in [5.41, 5.74) is 0.518. The van der Waals surface area contributed by atoms with Crippen molar-refractivity contribution in [1.82, 2.24) is 5.32 Å². The summed E-state index contributed by atoms with van der Waals surface area (Å²) in [5.74, 6) is 0. The lowest BCUT2D eigenvalue weighted by atomic mass is 9.84. The van der Waals surface area contributed by atoms with E-state index in [4.69, 9.17) is 5.26 Å². The molecule has 2 nitrogen and oxygen atoms in total. The molecule has 0 aromatic rings. The molecule has 1 N–H and O–H groups in total. The van der Waals surface area contributed by atoms with Crippen LogP contribution in [0.2, 0.25) is 0 Å². The summed E-state index contributed by atoms with van der Waals surface area (Å²) >= 11 is 0. The highest BCUT2D eigenvalue weighted by Crippen LogP contribution is 2.25. The van der Waals surface area contributed by atoms with E-state index in [1.165, 1.54) is 19.3 Å². The highest BCUT2D eigenvalue weighted by Gasteiger charge is 2.26. The number of nitrogens with zero attached hydrogens (tertiary/aromatic N) is 1. The van der Waals surface area contributed by atoms with Crippen LogP contribution in [0.1, 0.15) is 66.7 Å². The molecule has 0 unspecified atom stereocenters. The Hall–Kier alpha value is -0.550. The Balaban J connectivity index is 4.24. The van der Waals surface area contributed by atoms with Gasteiger partial charge in [0.05, 0.1) is 6.07 Å². The summed E-state index contributed by atoms with van der Waals surface area (Å²) < 4.78 is 0. The zero-order chi connectivity index (χ0) is 12.7. The van der Waals surface area contributed by atoms with Crippen molar-refractivity contribution < 1.29 is 0 Å². The summed E-state index contributed by atoms with van der Waals surface area (Å²) in [6.45, 7) is 12.2. The molecule has 0 saturated heterocycles. The first-order valence-corrected chi connectivity index (χ1v) is 6.57. The molecule has 0 heterocycles. The number of nitrogens with one attached hydrogen (secondary N) is 1. The molecule has 0 aromatic heterocycles. The van der Waals surface area contributed by atoms with Crippen LogP contribution in [-0.4, -0.2) is 12.1 Å². The van der Waals surface area contributed by atoms with Crippen LogP contribution >= 0.6 is 0 Å². The zero-order valence-electron chi connectivity index (χ0n) is 11.7. The Labute approximate surface area is 101 Å². The molecular formula is C14H28N2. The fourth-order valence-corrected chi connectivity index (χ4v) is 2.03. The number of rotatable bonds is 8. The molecule has 2 heteroatoms. The number of nitriles is 1. The third-order valence-electron chi connectivity index (χ3n) is 3.89. The standard InChI is InChI=1S/C14H28N2/c1-6-14(7-2,8-3)16-12-13(4,5)10-9-11-15/h16H,6-10,12H2,1-5H3. The maximum Gasteiger partial charge on any atom is 0.0621 e. The van der Waals surface area contributed by atoms with E-state index in [-0.39, 0.29) is 5.41 Å². The maximum atomic E-state index is 8.63. The lowest BCUT2D eigenvalue weighted by Gasteiger charge is -2.36. The quantitative estimate of drug-likeness (QED) is 0.679. The summed E-state index contributed by atoms with van der Waals surface area (Å²) in [5, 5.41) is 12.3. The van der Waals surface area contributed by atoms with Crippen LogP contribution in [0.25, 0.3) is 0 Å². The molecule has 16 heavy (non-hydrogen) atoms. The third-order valence-corrected chi connectivity index (χ3v) is 3.89. The smallest absolute Gasteiger partial charge is 0.0621 e. The van der Waals surface area contributed by atoms with Gasteiger partial charge < -0.3 is 5.32 Å². The second-order valence-electron chi connectivity index (χ2n) is 5.52.